The Balaban J connectivity index is 0.00000225. The Bertz CT molecular complexity index is 772. The molecule has 1 heterocycles. The van der Waals surface area contributed by atoms with Crippen molar-refractivity contribution in [2.45, 2.75) is 45.9 Å². The first kappa shape index (κ1) is 26.9. The second-order valence-corrected chi connectivity index (χ2v) is 7.85. The first-order valence-corrected chi connectivity index (χ1v) is 10.5. The van der Waals surface area contributed by atoms with Crippen LogP contribution in [0.5, 0.6) is 11.5 Å². The highest BCUT2D eigenvalue weighted by atomic mass is 35.5. The van der Waals surface area contributed by atoms with Crippen molar-refractivity contribution in [1.82, 2.24) is 10.2 Å². The number of hydrogen-bond acceptors (Lipinski definition) is 4. The normalized spacial score (nSPS) is 15.9. The number of likely N-dealkylation sites (tertiary alicyclic amines) is 1. The molecule has 0 spiro atoms. The van der Waals surface area contributed by atoms with E-state index in [0.717, 1.165) is 30.8 Å². The molecule has 3 rings (SSSR count). The number of nitrogens with one attached hydrogen (secondary N) is 1. The molecule has 7 heteroatoms. The minimum absolute atomic E-state index is 0. The van der Waals surface area contributed by atoms with Crippen LogP contribution in [0.2, 0.25) is 5.02 Å². The maximum Gasteiger partial charge on any atom is 0.180 e. The maximum atomic E-state index is 6.52. The number of benzene rings is 2. The number of nitrogens with zero attached hydrogens (tertiary/aromatic N) is 1. The molecule has 4 nitrogen and oxygen atoms in total. The summed E-state index contributed by atoms with van der Waals surface area (Å²) < 4.78 is 11.5. The molecule has 0 saturated carbocycles. The smallest absolute Gasteiger partial charge is 0.180 e. The van der Waals surface area contributed by atoms with E-state index in [4.69, 9.17) is 21.1 Å². The van der Waals surface area contributed by atoms with Gasteiger partial charge < -0.3 is 14.8 Å². The van der Waals surface area contributed by atoms with Gasteiger partial charge in [0.2, 0.25) is 0 Å². The summed E-state index contributed by atoms with van der Waals surface area (Å²) in [5.41, 5.74) is 3.44. The van der Waals surface area contributed by atoms with E-state index in [1.165, 1.54) is 24.9 Å². The highest BCUT2D eigenvalue weighted by Crippen LogP contribution is 2.37. The van der Waals surface area contributed by atoms with Gasteiger partial charge in [-0.05, 0) is 56.1 Å². The third kappa shape index (κ3) is 7.21. The molecule has 0 bridgehead atoms. The molecule has 1 fully saturated rings. The Morgan fingerprint density at radius 3 is 2.53 bits per heavy atom. The van der Waals surface area contributed by atoms with Gasteiger partial charge in [-0.1, -0.05) is 48.4 Å². The second kappa shape index (κ2) is 13.3. The fourth-order valence-electron chi connectivity index (χ4n) is 3.78. The van der Waals surface area contributed by atoms with Gasteiger partial charge in [-0.2, -0.15) is 0 Å². The van der Waals surface area contributed by atoms with E-state index in [1.54, 1.807) is 7.11 Å². The van der Waals surface area contributed by atoms with Crippen molar-refractivity contribution in [3.05, 3.63) is 58.1 Å². The van der Waals surface area contributed by atoms with Gasteiger partial charge in [0.1, 0.15) is 6.61 Å². The summed E-state index contributed by atoms with van der Waals surface area (Å²) in [7, 11) is 1.65. The van der Waals surface area contributed by atoms with Crippen LogP contribution in [0.1, 0.15) is 36.5 Å². The number of methoxy groups -OCH3 is 1. The largest absolute Gasteiger partial charge is 0.493 e. The van der Waals surface area contributed by atoms with E-state index in [1.807, 2.05) is 12.1 Å². The lowest BCUT2D eigenvalue weighted by molar-refractivity contribution is 0.260. The monoisotopic (exact) mass is 474 g/mol. The molecule has 1 atom stereocenters. The van der Waals surface area contributed by atoms with Crippen molar-refractivity contribution >= 4 is 36.4 Å². The van der Waals surface area contributed by atoms with Crippen molar-refractivity contribution < 1.29 is 9.47 Å². The van der Waals surface area contributed by atoms with E-state index in [2.05, 4.69) is 48.3 Å². The molecular formula is C23H33Cl3N2O2. The molecule has 2 aromatic rings. The van der Waals surface area contributed by atoms with E-state index in [9.17, 15) is 0 Å². The standard InChI is InChI=1S/C23H31ClN2O2.2ClH/c1-4-26-11-5-6-20(26)15-25-14-19-12-21(24)23(22(13-19)27-3)28-16-18-9-7-17(2)8-10-18;;/h7-10,12-13,20,25H,4-6,11,14-16H2,1-3H3;2*1H. The van der Waals surface area contributed by atoms with Crippen molar-refractivity contribution in [1.29, 1.82) is 0 Å². The van der Waals surface area contributed by atoms with Crippen molar-refractivity contribution in [2.75, 3.05) is 26.7 Å². The summed E-state index contributed by atoms with van der Waals surface area (Å²) in [4.78, 5) is 2.54. The summed E-state index contributed by atoms with van der Waals surface area (Å²) in [6, 6.07) is 12.9. The molecule has 30 heavy (non-hydrogen) atoms. The lowest BCUT2D eigenvalue weighted by Gasteiger charge is -2.23. The summed E-state index contributed by atoms with van der Waals surface area (Å²) in [6.07, 6.45) is 2.57. The Morgan fingerprint density at radius 1 is 1.13 bits per heavy atom. The van der Waals surface area contributed by atoms with E-state index in [0.29, 0.717) is 29.2 Å². The fourth-order valence-corrected chi connectivity index (χ4v) is 4.07. The first-order chi connectivity index (χ1) is 13.6. The summed E-state index contributed by atoms with van der Waals surface area (Å²) >= 11 is 6.52. The molecule has 0 aromatic heterocycles. The summed E-state index contributed by atoms with van der Waals surface area (Å²) in [5.74, 6) is 1.27. The molecule has 0 amide bonds. The van der Waals surface area contributed by atoms with Gasteiger partial charge in [0, 0.05) is 19.1 Å². The average molecular weight is 476 g/mol. The zero-order valence-electron chi connectivity index (χ0n) is 17.9. The van der Waals surface area contributed by atoms with E-state index >= 15 is 0 Å². The molecule has 0 radical (unpaired) electrons. The van der Waals surface area contributed by atoms with E-state index < -0.39 is 0 Å². The zero-order valence-corrected chi connectivity index (χ0v) is 20.3. The second-order valence-electron chi connectivity index (χ2n) is 7.44. The van der Waals surface area contributed by atoms with Crippen LogP contribution in [0.4, 0.5) is 0 Å². The number of aryl methyl sites for hydroxylation is 1. The van der Waals surface area contributed by atoms with Crippen molar-refractivity contribution in [3.8, 4) is 11.5 Å². The van der Waals surface area contributed by atoms with Crippen molar-refractivity contribution in [2.24, 2.45) is 0 Å². The third-order valence-corrected chi connectivity index (χ3v) is 5.69. The van der Waals surface area contributed by atoms with Crippen molar-refractivity contribution in [3.63, 3.8) is 0 Å². The topological polar surface area (TPSA) is 33.7 Å². The number of likely N-dealkylation sites (N-methyl/N-ethyl adjacent to an activating group) is 1. The summed E-state index contributed by atoms with van der Waals surface area (Å²) in [5, 5.41) is 4.16. The van der Waals surface area contributed by atoms with Gasteiger partial charge in [0.25, 0.3) is 0 Å². The molecule has 1 aliphatic rings. The molecule has 1 N–H and O–H groups in total. The Kier molecular flexibility index (Phi) is 11.9. The molecule has 2 aromatic carbocycles. The van der Waals surface area contributed by atoms with Gasteiger partial charge in [-0.15, -0.1) is 24.8 Å². The average Bonchev–Trinajstić information content (AvgIpc) is 3.15. The van der Waals surface area contributed by atoms with Crippen LogP contribution >= 0.6 is 36.4 Å². The van der Waals surface area contributed by atoms with Crippen LogP contribution < -0.4 is 14.8 Å². The number of rotatable bonds is 9. The minimum Gasteiger partial charge on any atom is -0.493 e. The minimum atomic E-state index is 0. The zero-order chi connectivity index (χ0) is 19.9. The van der Waals surface area contributed by atoms with Crippen LogP contribution in [0.15, 0.2) is 36.4 Å². The number of ether oxygens (including phenoxy) is 2. The lowest BCUT2D eigenvalue weighted by Crippen LogP contribution is -2.37. The Hall–Kier alpha value is -1.17. The molecular weight excluding hydrogens is 443 g/mol. The van der Waals surface area contributed by atoms with Gasteiger partial charge in [0.05, 0.1) is 12.1 Å². The lowest BCUT2D eigenvalue weighted by atomic mass is 10.1. The molecule has 1 unspecified atom stereocenters. The highest BCUT2D eigenvalue weighted by Gasteiger charge is 2.22. The third-order valence-electron chi connectivity index (χ3n) is 5.41. The maximum absolute atomic E-state index is 6.52. The van der Waals surface area contributed by atoms with Gasteiger partial charge >= 0.3 is 0 Å². The number of halogens is 3. The molecule has 0 aliphatic carbocycles. The first-order valence-electron chi connectivity index (χ1n) is 10.1. The van der Waals surface area contributed by atoms with E-state index in [-0.39, 0.29) is 24.8 Å². The van der Waals surface area contributed by atoms with Crippen LogP contribution in [-0.2, 0) is 13.2 Å². The van der Waals surface area contributed by atoms with Gasteiger partial charge in [-0.25, -0.2) is 0 Å². The predicted octanol–water partition coefficient (Wildman–Crippen LogP) is 5.65. The predicted molar refractivity (Wildman–Crippen MR) is 130 cm³/mol. The molecule has 168 valence electrons. The van der Waals surface area contributed by atoms with Crippen LogP contribution in [-0.4, -0.2) is 37.7 Å². The number of hydrogen-bond donors (Lipinski definition) is 1. The van der Waals surface area contributed by atoms with Crippen LogP contribution in [0.25, 0.3) is 0 Å². The summed E-state index contributed by atoms with van der Waals surface area (Å²) in [6.45, 7) is 8.88. The molecule has 1 saturated heterocycles. The Labute approximate surface area is 198 Å². The highest BCUT2D eigenvalue weighted by molar-refractivity contribution is 6.32. The van der Waals surface area contributed by atoms with Gasteiger partial charge in [-0.3, -0.25) is 4.90 Å². The fraction of sp³-hybridized carbons (Fsp3) is 0.478. The SMILES string of the molecule is CCN1CCCC1CNCc1cc(Cl)c(OCc2ccc(C)cc2)c(OC)c1.Cl.Cl. The van der Waals surface area contributed by atoms with Gasteiger partial charge in [0.15, 0.2) is 11.5 Å². The quantitative estimate of drug-likeness (QED) is 0.508. The van der Waals surface area contributed by atoms with Crippen LogP contribution in [0.3, 0.4) is 0 Å². The Morgan fingerprint density at radius 2 is 1.87 bits per heavy atom. The van der Waals surface area contributed by atoms with Crippen LogP contribution in [0, 0.1) is 6.92 Å². The molecule has 1 aliphatic heterocycles.